The third-order valence-corrected chi connectivity index (χ3v) is 1.61. The summed E-state index contributed by atoms with van der Waals surface area (Å²) in [6.45, 7) is 2.06. The van der Waals surface area contributed by atoms with E-state index in [0.717, 1.165) is 0 Å². The molecular formula is C8H8N4O2. The summed E-state index contributed by atoms with van der Waals surface area (Å²) in [4.78, 5) is 19.1. The predicted octanol–water partition coefficient (Wildman–Crippen LogP) is 0.301. The van der Waals surface area contributed by atoms with Gasteiger partial charge in [-0.3, -0.25) is 0 Å². The topological polar surface area (TPSA) is 69.4 Å². The Balaban J connectivity index is 2.38. The zero-order valence-electron chi connectivity index (χ0n) is 7.54. The van der Waals surface area contributed by atoms with Crippen molar-refractivity contribution < 1.29 is 9.53 Å². The second-order valence-electron chi connectivity index (χ2n) is 2.53. The molecule has 0 spiro atoms. The normalized spacial score (nSPS) is 10.4. The SMILES string of the molecule is CCOC(=O)c1cnn2ccnc2n1. The maximum Gasteiger partial charge on any atom is 0.358 e. The van der Waals surface area contributed by atoms with Gasteiger partial charge in [0.15, 0.2) is 5.69 Å². The van der Waals surface area contributed by atoms with Crippen molar-refractivity contribution >= 4 is 11.7 Å². The molecule has 14 heavy (non-hydrogen) atoms. The summed E-state index contributed by atoms with van der Waals surface area (Å²) in [6.07, 6.45) is 4.56. The lowest BCUT2D eigenvalue weighted by molar-refractivity contribution is 0.0519. The van der Waals surface area contributed by atoms with Crippen LogP contribution in [0.1, 0.15) is 17.4 Å². The minimum Gasteiger partial charge on any atom is -0.461 e. The molecule has 0 atom stereocenters. The summed E-state index contributed by atoms with van der Waals surface area (Å²) < 4.78 is 6.25. The van der Waals surface area contributed by atoms with Gasteiger partial charge in [-0.15, -0.1) is 0 Å². The Kier molecular flexibility index (Phi) is 2.10. The van der Waals surface area contributed by atoms with Gasteiger partial charge in [0.05, 0.1) is 19.0 Å². The van der Waals surface area contributed by atoms with Crippen molar-refractivity contribution in [1.82, 2.24) is 19.6 Å². The van der Waals surface area contributed by atoms with E-state index in [1.165, 1.54) is 10.7 Å². The molecule has 0 aliphatic rings. The number of carbonyl (C=O) groups is 1. The first-order valence-electron chi connectivity index (χ1n) is 4.15. The molecule has 2 aromatic heterocycles. The summed E-state index contributed by atoms with van der Waals surface area (Å²) in [5.41, 5.74) is 0.172. The van der Waals surface area contributed by atoms with E-state index < -0.39 is 5.97 Å². The Labute approximate surface area is 79.5 Å². The zero-order chi connectivity index (χ0) is 9.97. The molecule has 0 N–H and O–H groups in total. The van der Waals surface area contributed by atoms with E-state index in [9.17, 15) is 4.79 Å². The molecule has 6 heteroatoms. The van der Waals surface area contributed by atoms with Crippen molar-refractivity contribution in [3.05, 3.63) is 24.3 Å². The van der Waals surface area contributed by atoms with Crippen LogP contribution in [0, 0.1) is 0 Å². The molecule has 0 saturated heterocycles. The molecule has 0 aliphatic carbocycles. The van der Waals surface area contributed by atoms with Crippen LogP contribution in [0.3, 0.4) is 0 Å². The molecule has 0 fully saturated rings. The average molecular weight is 192 g/mol. The van der Waals surface area contributed by atoms with E-state index >= 15 is 0 Å². The number of carbonyl (C=O) groups excluding carboxylic acids is 1. The fourth-order valence-corrected chi connectivity index (χ4v) is 1.02. The fraction of sp³-hybridized carbons (Fsp3) is 0.250. The van der Waals surface area contributed by atoms with Gasteiger partial charge in [-0.2, -0.15) is 5.10 Å². The fourth-order valence-electron chi connectivity index (χ4n) is 1.02. The van der Waals surface area contributed by atoms with Gasteiger partial charge in [0.25, 0.3) is 5.78 Å². The van der Waals surface area contributed by atoms with Gasteiger partial charge in [0.1, 0.15) is 0 Å². The van der Waals surface area contributed by atoms with Crippen molar-refractivity contribution in [3.63, 3.8) is 0 Å². The Morgan fingerprint density at radius 1 is 1.64 bits per heavy atom. The number of hydrogen-bond acceptors (Lipinski definition) is 5. The number of fused-ring (bicyclic) bond motifs is 1. The van der Waals surface area contributed by atoms with E-state index in [4.69, 9.17) is 4.74 Å². The highest BCUT2D eigenvalue weighted by atomic mass is 16.5. The first-order chi connectivity index (χ1) is 6.81. The average Bonchev–Trinajstić information content (AvgIpc) is 2.64. The van der Waals surface area contributed by atoms with Crippen molar-refractivity contribution in [2.45, 2.75) is 6.92 Å². The van der Waals surface area contributed by atoms with Crippen LogP contribution in [0.2, 0.25) is 0 Å². The van der Waals surface area contributed by atoms with Crippen LogP contribution in [0.25, 0.3) is 5.78 Å². The molecule has 0 aliphatic heterocycles. The lowest BCUT2D eigenvalue weighted by atomic mass is 10.5. The Morgan fingerprint density at radius 3 is 3.29 bits per heavy atom. The molecule has 0 aromatic carbocycles. The molecule has 72 valence electrons. The second kappa shape index (κ2) is 3.41. The van der Waals surface area contributed by atoms with Crippen LogP contribution in [0.5, 0.6) is 0 Å². The molecule has 0 bridgehead atoms. The van der Waals surface area contributed by atoms with Crippen molar-refractivity contribution in [2.24, 2.45) is 0 Å². The third kappa shape index (κ3) is 1.41. The minimum absolute atomic E-state index is 0.172. The number of imidazole rings is 1. The number of rotatable bonds is 2. The maximum absolute atomic E-state index is 11.2. The molecule has 0 radical (unpaired) electrons. The van der Waals surface area contributed by atoms with E-state index in [-0.39, 0.29) is 5.69 Å². The number of aromatic nitrogens is 4. The van der Waals surface area contributed by atoms with E-state index in [2.05, 4.69) is 15.1 Å². The highest BCUT2D eigenvalue weighted by Crippen LogP contribution is 1.98. The van der Waals surface area contributed by atoms with Gasteiger partial charge in [-0.05, 0) is 6.92 Å². The van der Waals surface area contributed by atoms with Gasteiger partial charge in [-0.1, -0.05) is 0 Å². The molecule has 0 unspecified atom stereocenters. The van der Waals surface area contributed by atoms with Crippen LogP contribution in [-0.4, -0.2) is 32.2 Å². The van der Waals surface area contributed by atoms with Gasteiger partial charge in [0, 0.05) is 6.20 Å². The smallest absolute Gasteiger partial charge is 0.358 e. The van der Waals surface area contributed by atoms with Gasteiger partial charge in [-0.25, -0.2) is 19.3 Å². The van der Waals surface area contributed by atoms with Gasteiger partial charge < -0.3 is 4.74 Å². The van der Waals surface area contributed by atoms with Crippen molar-refractivity contribution in [1.29, 1.82) is 0 Å². The number of esters is 1. The largest absolute Gasteiger partial charge is 0.461 e. The molecular weight excluding hydrogens is 184 g/mol. The van der Waals surface area contributed by atoms with Crippen LogP contribution in [0.4, 0.5) is 0 Å². The molecule has 2 rings (SSSR count). The summed E-state index contributed by atoms with van der Waals surface area (Å²) >= 11 is 0. The standard InChI is InChI=1S/C8H8N4O2/c1-2-14-7(13)6-5-10-12-4-3-9-8(12)11-6/h3-5H,2H2,1H3. The summed E-state index contributed by atoms with van der Waals surface area (Å²) in [5.74, 6) is -0.0962. The Morgan fingerprint density at radius 2 is 2.50 bits per heavy atom. The zero-order valence-corrected chi connectivity index (χ0v) is 7.54. The quantitative estimate of drug-likeness (QED) is 0.640. The maximum atomic E-state index is 11.2. The molecule has 0 saturated carbocycles. The summed E-state index contributed by atoms with van der Waals surface area (Å²) in [5, 5.41) is 3.94. The van der Waals surface area contributed by atoms with Crippen LogP contribution < -0.4 is 0 Å². The van der Waals surface area contributed by atoms with Gasteiger partial charge in [0.2, 0.25) is 0 Å². The highest BCUT2D eigenvalue weighted by molar-refractivity contribution is 5.87. The van der Waals surface area contributed by atoms with Crippen LogP contribution in [0.15, 0.2) is 18.6 Å². The number of hydrogen-bond donors (Lipinski definition) is 0. The van der Waals surface area contributed by atoms with E-state index in [0.29, 0.717) is 12.4 Å². The lowest BCUT2D eigenvalue weighted by Crippen LogP contribution is -2.09. The lowest BCUT2D eigenvalue weighted by Gasteiger charge is -1.99. The third-order valence-electron chi connectivity index (χ3n) is 1.61. The summed E-state index contributed by atoms with van der Waals surface area (Å²) in [6, 6.07) is 0. The van der Waals surface area contributed by atoms with Crippen molar-refractivity contribution in [2.75, 3.05) is 6.61 Å². The molecule has 6 nitrogen and oxygen atoms in total. The molecule has 2 aromatic rings. The second-order valence-corrected chi connectivity index (χ2v) is 2.53. The monoisotopic (exact) mass is 192 g/mol. The number of ether oxygens (including phenoxy) is 1. The van der Waals surface area contributed by atoms with E-state index in [1.807, 2.05) is 0 Å². The predicted molar refractivity (Wildman–Crippen MR) is 46.7 cm³/mol. The van der Waals surface area contributed by atoms with E-state index in [1.54, 1.807) is 19.3 Å². The first-order valence-corrected chi connectivity index (χ1v) is 4.15. The van der Waals surface area contributed by atoms with Crippen molar-refractivity contribution in [3.8, 4) is 0 Å². The molecule has 2 heterocycles. The highest BCUT2D eigenvalue weighted by Gasteiger charge is 2.09. The molecule has 0 amide bonds. The Bertz CT molecular complexity index is 465. The first kappa shape index (κ1) is 8.61. The minimum atomic E-state index is -0.481. The number of nitrogens with zero attached hydrogens (tertiary/aromatic N) is 4. The summed E-state index contributed by atoms with van der Waals surface area (Å²) in [7, 11) is 0. The van der Waals surface area contributed by atoms with Crippen LogP contribution in [-0.2, 0) is 4.74 Å². The Hall–Kier alpha value is -1.98. The van der Waals surface area contributed by atoms with Gasteiger partial charge >= 0.3 is 5.97 Å². The van der Waals surface area contributed by atoms with Crippen LogP contribution >= 0.6 is 0 Å².